The van der Waals surface area contributed by atoms with Crippen molar-refractivity contribution in [2.45, 2.75) is 90.6 Å². The van der Waals surface area contributed by atoms with Crippen LogP contribution in [-0.2, 0) is 23.8 Å². The van der Waals surface area contributed by atoms with Gasteiger partial charge in [-0.1, -0.05) is 41.5 Å². The molecule has 0 aromatic carbocycles. The molecule has 0 spiro atoms. The van der Waals surface area contributed by atoms with E-state index in [0.717, 1.165) is 73.8 Å². The van der Waals surface area contributed by atoms with Crippen molar-refractivity contribution < 1.29 is 0 Å². The molecule has 4 aromatic rings. The fourth-order valence-electron chi connectivity index (χ4n) is 6.86. The second-order valence-corrected chi connectivity index (χ2v) is 14.3. The summed E-state index contributed by atoms with van der Waals surface area (Å²) in [7, 11) is 0. The second-order valence-electron chi connectivity index (χ2n) is 14.3. The first-order valence-corrected chi connectivity index (χ1v) is 15.7. The van der Waals surface area contributed by atoms with Gasteiger partial charge in [-0.25, -0.2) is 25.0 Å². The molecule has 6 heterocycles. The maximum absolute atomic E-state index is 4.96. The lowest BCUT2D eigenvalue weighted by molar-refractivity contribution is -0.0817. The van der Waals surface area contributed by atoms with Gasteiger partial charge >= 0.3 is 0 Å². The summed E-state index contributed by atoms with van der Waals surface area (Å²) in [6, 6.07) is 4.73. The number of imidazole rings is 1. The highest BCUT2D eigenvalue weighted by atomic mass is 15.6. The van der Waals surface area contributed by atoms with E-state index in [4.69, 9.17) is 15.0 Å². The zero-order chi connectivity index (χ0) is 29.5. The number of hydrogen-bond donors (Lipinski definition) is 1. The number of nitrogens with one attached hydrogen (secondary N) is 1. The molecule has 2 fully saturated rings. The second kappa shape index (κ2) is 11.6. The number of aromatic nitrogens is 6. The van der Waals surface area contributed by atoms with Gasteiger partial charge in [0, 0.05) is 67.4 Å². The smallest absolute Gasteiger partial charge is 0.163 e. The Bertz CT molecular complexity index is 1520. The van der Waals surface area contributed by atoms with Crippen molar-refractivity contribution >= 4 is 22.1 Å². The monoisotopic (exact) mass is 569 g/mol. The SMILES string of the molecule is CC(C)(C)c1ncc(CCN(C2CCNC2)N2CCCC(Cn3cnc4c(C(C)(C)C)ncnc43)C2)c2ncccc12. The highest BCUT2D eigenvalue weighted by molar-refractivity contribution is 5.84. The normalized spacial score (nSPS) is 20.7. The lowest BCUT2D eigenvalue weighted by Gasteiger charge is -2.43. The standard InChI is InChI=1S/C33H47N9/c1-32(2,3)29-26-10-7-13-35-27(26)24(17-36-29)12-16-42(25-11-14-34-18-25)41-15-8-9-23(20-41)19-40-22-39-28-30(33(4,5)6)37-21-38-31(28)40/h7,10,13,17,21-23,25,34H,8-9,11-12,14-16,18-20H2,1-6H3. The predicted molar refractivity (Wildman–Crippen MR) is 168 cm³/mol. The molecule has 0 aliphatic carbocycles. The molecule has 9 nitrogen and oxygen atoms in total. The third kappa shape index (κ3) is 5.92. The summed E-state index contributed by atoms with van der Waals surface area (Å²) in [5.41, 5.74) is 6.27. The van der Waals surface area contributed by atoms with Gasteiger partial charge in [0.1, 0.15) is 11.8 Å². The summed E-state index contributed by atoms with van der Waals surface area (Å²) in [5.74, 6) is 0.538. The molecule has 6 rings (SSSR count). The molecule has 2 aliphatic heterocycles. The number of nitrogens with zero attached hydrogens (tertiary/aromatic N) is 8. The van der Waals surface area contributed by atoms with Gasteiger partial charge in [0.15, 0.2) is 5.65 Å². The summed E-state index contributed by atoms with van der Waals surface area (Å²) in [6.07, 6.45) is 12.2. The van der Waals surface area contributed by atoms with Crippen molar-refractivity contribution in [3.05, 3.63) is 54.1 Å². The zero-order valence-corrected chi connectivity index (χ0v) is 26.3. The lowest BCUT2D eigenvalue weighted by atomic mass is 9.88. The Hall–Kier alpha value is -3.01. The zero-order valence-electron chi connectivity index (χ0n) is 26.3. The van der Waals surface area contributed by atoms with Crippen LogP contribution in [0.25, 0.3) is 22.1 Å². The van der Waals surface area contributed by atoms with Crippen molar-refractivity contribution in [2.24, 2.45) is 5.92 Å². The van der Waals surface area contributed by atoms with Gasteiger partial charge in [-0.3, -0.25) is 9.97 Å². The number of pyridine rings is 2. The molecular formula is C33H47N9. The summed E-state index contributed by atoms with van der Waals surface area (Å²) in [4.78, 5) is 23.8. The highest BCUT2D eigenvalue weighted by Gasteiger charge is 2.32. The maximum atomic E-state index is 4.96. The van der Waals surface area contributed by atoms with E-state index in [2.05, 4.69) is 83.7 Å². The highest BCUT2D eigenvalue weighted by Crippen LogP contribution is 2.30. The minimum atomic E-state index is -0.0682. The van der Waals surface area contributed by atoms with Crippen molar-refractivity contribution in [3.8, 4) is 0 Å². The molecule has 2 atom stereocenters. The van der Waals surface area contributed by atoms with E-state index in [9.17, 15) is 0 Å². The fourth-order valence-corrected chi connectivity index (χ4v) is 6.86. The van der Waals surface area contributed by atoms with Crippen LogP contribution < -0.4 is 5.32 Å². The van der Waals surface area contributed by atoms with E-state index in [1.807, 2.05) is 18.6 Å². The number of hydrazine groups is 1. The predicted octanol–water partition coefficient (Wildman–Crippen LogP) is 4.90. The van der Waals surface area contributed by atoms with Crippen molar-refractivity contribution in [1.82, 2.24) is 44.8 Å². The minimum Gasteiger partial charge on any atom is -0.315 e. The molecule has 2 aliphatic rings. The van der Waals surface area contributed by atoms with Crippen LogP contribution in [0.1, 0.15) is 77.8 Å². The van der Waals surface area contributed by atoms with Crippen LogP contribution in [0.15, 0.2) is 37.2 Å². The first-order valence-electron chi connectivity index (χ1n) is 15.7. The van der Waals surface area contributed by atoms with E-state index >= 15 is 0 Å². The number of rotatable bonds is 7. The molecule has 0 radical (unpaired) electrons. The Morgan fingerprint density at radius 2 is 1.79 bits per heavy atom. The summed E-state index contributed by atoms with van der Waals surface area (Å²) in [6.45, 7) is 19.4. The number of hydrogen-bond acceptors (Lipinski definition) is 8. The van der Waals surface area contributed by atoms with Crippen LogP contribution in [0.5, 0.6) is 0 Å². The Labute approximate surface area is 250 Å². The summed E-state index contributed by atoms with van der Waals surface area (Å²) in [5, 5.41) is 10.1. The average Bonchev–Trinajstić information content (AvgIpc) is 3.63. The van der Waals surface area contributed by atoms with E-state index in [0.29, 0.717) is 12.0 Å². The Morgan fingerprint density at radius 1 is 0.952 bits per heavy atom. The van der Waals surface area contributed by atoms with Crippen LogP contribution in [0.4, 0.5) is 0 Å². The van der Waals surface area contributed by atoms with Gasteiger partial charge in [0.2, 0.25) is 0 Å². The quantitative estimate of drug-likeness (QED) is 0.336. The van der Waals surface area contributed by atoms with Gasteiger partial charge < -0.3 is 9.88 Å². The van der Waals surface area contributed by atoms with Crippen LogP contribution in [0.2, 0.25) is 0 Å². The van der Waals surface area contributed by atoms with E-state index in [1.54, 1.807) is 6.33 Å². The molecule has 0 amide bonds. The Morgan fingerprint density at radius 3 is 2.55 bits per heavy atom. The molecule has 224 valence electrons. The lowest BCUT2D eigenvalue weighted by Crippen LogP contribution is -2.54. The molecule has 0 saturated carbocycles. The van der Waals surface area contributed by atoms with E-state index in [-0.39, 0.29) is 10.8 Å². The first-order chi connectivity index (χ1) is 20.1. The molecule has 4 aromatic heterocycles. The van der Waals surface area contributed by atoms with Crippen molar-refractivity contribution in [2.75, 3.05) is 32.7 Å². The average molecular weight is 570 g/mol. The van der Waals surface area contributed by atoms with Crippen molar-refractivity contribution in [1.29, 1.82) is 0 Å². The van der Waals surface area contributed by atoms with Crippen LogP contribution in [0.3, 0.4) is 0 Å². The molecular weight excluding hydrogens is 522 g/mol. The molecule has 1 N–H and O–H groups in total. The van der Waals surface area contributed by atoms with Gasteiger partial charge in [-0.2, -0.15) is 0 Å². The van der Waals surface area contributed by atoms with Crippen molar-refractivity contribution in [3.63, 3.8) is 0 Å². The van der Waals surface area contributed by atoms with Gasteiger partial charge in [-0.15, -0.1) is 0 Å². The van der Waals surface area contributed by atoms with Crippen LogP contribution in [-0.4, -0.2) is 78.3 Å². The Kier molecular flexibility index (Phi) is 8.02. The topological polar surface area (TPSA) is 87.9 Å². The van der Waals surface area contributed by atoms with E-state index < -0.39 is 0 Å². The summed E-state index contributed by atoms with van der Waals surface area (Å²) < 4.78 is 2.25. The third-order valence-corrected chi connectivity index (χ3v) is 8.92. The van der Waals surface area contributed by atoms with Crippen LogP contribution >= 0.6 is 0 Å². The van der Waals surface area contributed by atoms with Gasteiger partial charge in [-0.05, 0) is 55.8 Å². The minimum absolute atomic E-state index is 0.0227. The maximum Gasteiger partial charge on any atom is 0.163 e. The molecule has 2 saturated heterocycles. The molecule has 42 heavy (non-hydrogen) atoms. The van der Waals surface area contributed by atoms with E-state index in [1.165, 1.54) is 30.2 Å². The number of piperidine rings is 1. The fraction of sp³-hybridized carbons (Fsp3) is 0.606. The van der Waals surface area contributed by atoms with Gasteiger partial charge in [0.25, 0.3) is 0 Å². The van der Waals surface area contributed by atoms with Crippen LogP contribution in [0, 0.1) is 5.92 Å². The largest absolute Gasteiger partial charge is 0.315 e. The molecule has 9 heteroatoms. The first kappa shape index (κ1) is 29.1. The molecule has 2 unspecified atom stereocenters. The number of fused-ring (bicyclic) bond motifs is 2. The Balaban J connectivity index is 1.21. The third-order valence-electron chi connectivity index (χ3n) is 8.92. The summed E-state index contributed by atoms with van der Waals surface area (Å²) >= 11 is 0. The molecule has 0 bridgehead atoms. The van der Waals surface area contributed by atoms with Gasteiger partial charge in [0.05, 0.1) is 23.2 Å².